The highest BCUT2D eigenvalue weighted by Gasteiger charge is 2.07. The molecule has 0 saturated carbocycles. The van der Waals surface area contributed by atoms with E-state index in [2.05, 4.69) is 9.97 Å². The Morgan fingerprint density at radius 1 is 0.963 bits per heavy atom. The van der Waals surface area contributed by atoms with E-state index in [9.17, 15) is 9.59 Å². The van der Waals surface area contributed by atoms with Gasteiger partial charge in [0.1, 0.15) is 12.4 Å². The molecule has 4 rings (SSSR count). The fourth-order valence-corrected chi connectivity index (χ4v) is 2.75. The Kier molecular flexibility index (Phi) is 4.49. The Morgan fingerprint density at radius 2 is 1.81 bits per heavy atom. The minimum absolute atomic E-state index is 0.253. The van der Waals surface area contributed by atoms with Crippen molar-refractivity contribution in [2.75, 3.05) is 6.61 Å². The number of aromatic nitrogens is 3. The van der Waals surface area contributed by atoms with Gasteiger partial charge in [-0.2, -0.15) is 0 Å². The van der Waals surface area contributed by atoms with E-state index >= 15 is 0 Å². The van der Waals surface area contributed by atoms with Crippen molar-refractivity contribution < 1.29 is 9.47 Å². The molecule has 0 amide bonds. The van der Waals surface area contributed by atoms with E-state index in [1.807, 2.05) is 48.7 Å². The van der Waals surface area contributed by atoms with Crippen molar-refractivity contribution in [3.63, 3.8) is 0 Å². The Labute approximate surface area is 153 Å². The van der Waals surface area contributed by atoms with Crippen LogP contribution in [0.4, 0.5) is 0 Å². The third-order valence-electron chi connectivity index (χ3n) is 4.09. The van der Waals surface area contributed by atoms with Crippen LogP contribution in [0.3, 0.4) is 0 Å². The fourth-order valence-electron chi connectivity index (χ4n) is 2.75. The highest BCUT2D eigenvalue weighted by molar-refractivity contribution is 5.80. The quantitative estimate of drug-likeness (QED) is 0.551. The van der Waals surface area contributed by atoms with Crippen LogP contribution < -0.4 is 20.7 Å². The smallest absolute Gasteiger partial charge is 0.328 e. The summed E-state index contributed by atoms with van der Waals surface area (Å²) in [4.78, 5) is 28.2. The predicted molar refractivity (Wildman–Crippen MR) is 102 cm³/mol. The number of H-pyrrole nitrogens is 2. The maximum absolute atomic E-state index is 11.7. The number of nitrogens with one attached hydrogen (secondary N) is 2. The molecule has 0 spiro atoms. The first-order chi connectivity index (χ1) is 13.2. The zero-order valence-electron chi connectivity index (χ0n) is 14.3. The maximum atomic E-state index is 11.7. The number of aromatic amines is 2. The van der Waals surface area contributed by atoms with E-state index in [1.54, 1.807) is 6.07 Å². The molecule has 0 aliphatic carbocycles. The van der Waals surface area contributed by atoms with Crippen molar-refractivity contribution in [2.24, 2.45) is 0 Å². The van der Waals surface area contributed by atoms with Gasteiger partial charge in [0, 0.05) is 29.4 Å². The van der Waals surface area contributed by atoms with E-state index in [4.69, 9.17) is 9.47 Å². The lowest BCUT2D eigenvalue weighted by Gasteiger charge is -2.13. The predicted octanol–water partition coefficient (Wildman–Crippen LogP) is 2.89. The van der Waals surface area contributed by atoms with Crippen LogP contribution in [0.25, 0.3) is 10.9 Å². The molecule has 27 heavy (non-hydrogen) atoms. The van der Waals surface area contributed by atoms with Gasteiger partial charge in [-0.25, -0.2) is 4.79 Å². The summed E-state index contributed by atoms with van der Waals surface area (Å²) in [6.45, 7) is 0.558. The molecule has 0 fully saturated rings. The SMILES string of the molecule is O=c1ccn(CCOc2ccccc2Oc2ccc3[nH]ccc3c2)c(=O)[nH]1. The van der Waals surface area contributed by atoms with E-state index in [0.29, 0.717) is 23.8 Å². The van der Waals surface area contributed by atoms with Gasteiger partial charge in [0.25, 0.3) is 5.56 Å². The third-order valence-corrected chi connectivity index (χ3v) is 4.09. The number of ether oxygens (including phenoxy) is 2. The van der Waals surface area contributed by atoms with Crippen LogP contribution in [0.15, 0.2) is 76.6 Å². The molecule has 4 aromatic rings. The van der Waals surface area contributed by atoms with Crippen molar-refractivity contribution in [1.82, 2.24) is 14.5 Å². The number of nitrogens with zero attached hydrogens (tertiary/aromatic N) is 1. The second kappa shape index (κ2) is 7.25. The lowest BCUT2D eigenvalue weighted by molar-refractivity contribution is 0.283. The minimum atomic E-state index is -0.463. The maximum Gasteiger partial charge on any atom is 0.328 e. The number of rotatable bonds is 6. The van der Waals surface area contributed by atoms with Crippen LogP contribution in [0.1, 0.15) is 0 Å². The molecule has 2 heterocycles. The summed E-state index contributed by atoms with van der Waals surface area (Å²) in [5.74, 6) is 1.86. The van der Waals surface area contributed by atoms with Gasteiger partial charge in [-0.05, 0) is 36.4 Å². The number of fused-ring (bicyclic) bond motifs is 1. The molecule has 2 N–H and O–H groups in total. The van der Waals surface area contributed by atoms with E-state index in [-0.39, 0.29) is 6.61 Å². The standard InChI is InChI=1S/C20H17N3O4/c24-19-8-10-23(20(25)22-19)11-12-26-17-3-1-2-4-18(17)27-15-5-6-16-14(13-15)7-9-21-16/h1-10,13,21H,11-12H2,(H,22,24,25). The molecule has 0 aliphatic heterocycles. The van der Waals surface area contributed by atoms with Crippen LogP contribution in [-0.2, 0) is 6.54 Å². The molecular weight excluding hydrogens is 346 g/mol. The van der Waals surface area contributed by atoms with Gasteiger partial charge in [0.15, 0.2) is 11.5 Å². The average molecular weight is 363 g/mol. The van der Waals surface area contributed by atoms with Crippen molar-refractivity contribution in [3.05, 3.63) is 87.8 Å². The highest BCUT2D eigenvalue weighted by atomic mass is 16.5. The fraction of sp³-hybridized carbons (Fsp3) is 0.100. The van der Waals surface area contributed by atoms with Crippen LogP contribution >= 0.6 is 0 Å². The summed E-state index contributed by atoms with van der Waals surface area (Å²) in [7, 11) is 0. The largest absolute Gasteiger partial charge is 0.488 e. The number of hydrogen-bond acceptors (Lipinski definition) is 4. The number of hydrogen-bond donors (Lipinski definition) is 2. The average Bonchev–Trinajstić information content (AvgIpc) is 3.13. The van der Waals surface area contributed by atoms with Gasteiger partial charge < -0.3 is 14.5 Å². The Bertz CT molecular complexity index is 1190. The van der Waals surface area contributed by atoms with Crippen LogP contribution in [0, 0.1) is 0 Å². The Morgan fingerprint density at radius 3 is 2.67 bits per heavy atom. The molecule has 7 heteroatoms. The molecule has 2 aromatic heterocycles. The molecule has 0 atom stereocenters. The summed E-state index contributed by atoms with van der Waals surface area (Å²) in [6, 6.07) is 16.4. The Hall–Kier alpha value is -3.74. The molecular formula is C20H17N3O4. The molecule has 0 aliphatic rings. The first-order valence-electron chi connectivity index (χ1n) is 8.46. The topological polar surface area (TPSA) is 89.1 Å². The molecule has 0 saturated heterocycles. The second-order valence-corrected chi connectivity index (χ2v) is 5.93. The molecule has 0 bridgehead atoms. The minimum Gasteiger partial charge on any atom is -0.488 e. The van der Waals surface area contributed by atoms with E-state index in [1.165, 1.54) is 16.8 Å². The van der Waals surface area contributed by atoms with Crippen LogP contribution in [0.5, 0.6) is 17.2 Å². The van der Waals surface area contributed by atoms with Crippen molar-refractivity contribution in [3.8, 4) is 17.2 Å². The highest BCUT2D eigenvalue weighted by Crippen LogP contribution is 2.32. The van der Waals surface area contributed by atoms with Gasteiger partial charge >= 0.3 is 5.69 Å². The molecule has 0 unspecified atom stereocenters. The van der Waals surface area contributed by atoms with E-state index < -0.39 is 11.2 Å². The van der Waals surface area contributed by atoms with Gasteiger partial charge in [0.2, 0.25) is 0 Å². The number of para-hydroxylation sites is 2. The molecule has 136 valence electrons. The summed E-state index contributed by atoms with van der Waals surface area (Å²) in [5.41, 5.74) is 0.156. The van der Waals surface area contributed by atoms with Crippen molar-refractivity contribution in [1.29, 1.82) is 0 Å². The zero-order valence-corrected chi connectivity index (χ0v) is 14.3. The summed E-state index contributed by atoms with van der Waals surface area (Å²) >= 11 is 0. The van der Waals surface area contributed by atoms with Gasteiger partial charge in [0.05, 0.1) is 6.54 Å². The first-order valence-corrected chi connectivity index (χ1v) is 8.46. The third kappa shape index (κ3) is 3.77. The molecule has 7 nitrogen and oxygen atoms in total. The van der Waals surface area contributed by atoms with Gasteiger partial charge in [-0.3, -0.25) is 14.3 Å². The first kappa shape index (κ1) is 16.7. The summed E-state index contributed by atoms with van der Waals surface area (Å²) in [5, 5.41) is 1.06. The van der Waals surface area contributed by atoms with Crippen molar-refractivity contribution >= 4 is 10.9 Å². The lowest BCUT2D eigenvalue weighted by atomic mass is 10.2. The number of benzene rings is 2. The molecule has 2 aromatic carbocycles. The van der Waals surface area contributed by atoms with Crippen LogP contribution in [0.2, 0.25) is 0 Å². The summed E-state index contributed by atoms with van der Waals surface area (Å²) in [6.07, 6.45) is 3.32. The second-order valence-electron chi connectivity index (χ2n) is 5.93. The Balaban J connectivity index is 1.47. The van der Waals surface area contributed by atoms with Gasteiger partial charge in [-0.1, -0.05) is 12.1 Å². The summed E-state index contributed by atoms with van der Waals surface area (Å²) < 4.78 is 13.1. The lowest BCUT2D eigenvalue weighted by Crippen LogP contribution is -2.30. The van der Waals surface area contributed by atoms with E-state index in [0.717, 1.165) is 10.9 Å². The normalized spacial score (nSPS) is 10.8. The van der Waals surface area contributed by atoms with Crippen molar-refractivity contribution in [2.45, 2.75) is 6.54 Å². The van der Waals surface area contributed by atoms with Gasteiger partial charge in [-0.15, -0.1) is 0 Å². The monoisotopic (exact) mass is 363 g/mol. The zero-order chi connectivity index (χ0) is 18.6. The molecule has 0 radical (unpaired) electrons. The van der Waals surface area contributed by atoms with Crippen LogP contribution in [-0.4, -0.2) is 21.1 Å².